The maximum atomic E-state index is 13.0. The van der Waals surface area contributed by atoms with Gasteiger partial charge in [0.1, 0.15) is 5.82 Å². The van der Waals surface area contributed by atoms with E-state index in [-0.39, 0.29) is 11.6 Å². The van der Waals surface area contributed by atoms with E-state index in [4.69, 9.17) is 0 Å². The van der Waals surface area contributed by atoms with Gasteiger partial charge in [0.15, 0.2) is 5.78 Å². The largest absolute Gasteiger partial charge is 0.349 e. The standard InChI is InChI=1S/C14H13BrFNO/c1-2-14(18)11-5-6-17(9-11)8-10-3-4-12(16)7-13(10)15/h3-7,9H,2,8H2,1H3. The number of hydrogen-bond acceptors (Lipinski definition) is 1. The summed E-state index contributed by atoms with van der Waals surface area (Å²) in [6, 6.07) is 6.42. The van der Waals surface area contributed by atoms with E-state index in [9.17, 15) is 9.18 Å². The molecule has 0 N–H and O–H groups in total. The number of halogens is 2. The fourth-order valence-corrected chi connectivity index (χ4v) is 2.23. The van der Waals surface area contributed by atoms with E-state index in [2.05, 4.69) is 15.9 Å². The Morgan fingerprint density at radius 2 is 2.17 bits per heavy atom. The minimum atomic E-state index is -0.264. The molecule has 0 unspecified atom stereocenters. The number of carbonyl (C=O) groups excluding carboxylic acids is 1. The molecule has 2 nitrogen and oxygen atoms in total. The average molecular weight is 310 g/mol. The molecule has 0 aliphatic carbocycles. The normalized spacial score (nSPS) is 10.6. The van der Waals surface area contributed by atoms with Gasteiger partial charge in [0.25, 0.3) is 0 Å². The van der Waals surface area contributed by atoms with Crippen LogP contribution in [-0.4, -0.2) is 10.4 Å². The minimum absolute atomic E-state index is 0.131. The molecule has 0 saturated carbocycles. The third-order valence-corrected chi connectivity index (χ3v) is 3.50. The topological polar surface area (TPSA) is 22.0 Å². The minimum Gasteiger partial charge on any atom is -0.349 e. The van der Waals surface area contributed by atoms with Crippen molar-refractivity contribution in [1.82, 2.24) is 4.57 Å². The fourth-order valence-electron chi connectivity index (χ4n) is 1.75. The Kier molecular flexibility index (Phi) is 3.97. The lowest BCUT2D eigenvalue weighted by Crippen LogP contribution is -1.99. The van der Waals surface area contributed by atoms with Crippen LogP contribution in [0, 0.1) is 5.82 Å². The number of benzene rings is 1. The molecule has 2 rings (SSSR count). The van der Waals surface area contributed by atoms with Gasteiger partial charge < -0.3 is 4.57 Å². The van der Waals surface area contributed by atoms with Crippen LogP contribution in [-0.2, 0) is 6.54 Å². The highest BCUT2D eigenvalue weighted by Crippen LogP contribution is 2.19. The van der Waals surface area contributed by atoms with E-state index >= 15 is 0 Å². The van der Waals surface area contributed by atoms with Crippen molar-refractivity contribution in [2.75, 3.05) is 0 Å². The number of rotatable bonds is 4. The molecule has 0 bridgehead atoms. The first-order chi connectivity index (χ1) is 8.60. The van der Waals surface area contributed by atoms with Gasteiger partial charge >= 0.3 is 0 Å². The van der Waals surface area contributed by atoms with Crippen LogP contribution in [0.3, 0.4) is 0 Å². The lowest BCUT2D eigenvalue weighted by atomic mass is 10.2. The van der Waals surface area contributed by atoms with E-state index < -0.39 is 0 Å². The lowest BCUT2D eigenvalue weighted by molar-refractivity contribution is 0.0988. The highest BCUT2D eigenvalue weighted by atomic mass is 79.9. The molecule has 0 radical (unpaired) electrons. The van der Waals surface area contributed by atoms with Gasteiger partial charge in [0, 0.05) is 35.4 Å². The van der Waals surface area contributed by atoms with Crippen molar-refractivity contribution in [3.05, 3.63) is 58.1 Å². The van der Waals surface area contributed by atoms with Crippen LogP contribution in [0.25, 0.3) is 0 Å². The summed E-state index contributed by atoms with van der Waals surface area (Å²) in [7, 11) is 0. The molecule has 0 spiro atoms. The number of ketones is 1. The van der Waals surface area contributed by atoms with Gasteiger partial charge in [0.2, 0.25) is 0 Å². The van der Waals surface area contributed by atoms with Gasteiger partial charge in [-0.2, -0.15) is 0 Å². The van der Waals surface area contributed by atoms with Crippen LogP contribution in [0.1, 0.15) is 29.3 Å². The third kappa shape index (κ3) is 2.88. The Balaban J connectivity index is 2.18. The van der Waals surface area contributed by atoms with Gasteiger partial charge in [0.05, 0.1) is 0 Å². The van der Waals surface area contributed by atoms with Crippen LogP contribution >= 0.6 is 15.9 Å². The van der Waals surface area contributed by atoms with Crippen LogP contribution in [0.4, 0.5) is 4.39 Å². The molecule has 1 aromatic heterocycles. The molecule has 1 aromatic carbocycles. The predicted octanol–water partition coefficient (Wildman–Crippen LogP) is 4.03. The molecule has 0 saturated heterocycles. The smallest absolute Gasteiger partial charge is 0.164 e. The summed E-state index contributed by atoms with van der Waals surface area (Å²) < 4.78 is 15.6. The van der Waals surface area contributed by atoms with Crippen molar-refractivity contribution in [2.45, 2.75) is 19.9 Å². The first kappa shape index (κ1) is 13.0. The third-order valence-electron chi connectivity index (χ3n) is 2.76. The Hall–Kier alpha value is -1.42. The number of aromatic nitrogens is 1. The molecule has 1 heterocycles. The second-order valence-electron chi connectivity index (χ2n) is 4.08. The monoisotopic (exact) mass is 309 g/mol. The molecular formula is C14H13BrFNO. The number of hydrogen-bond donors (Lipinski definition) is 0. The summed E-state index contributed by atoms with van der Waals surface area (Å²) in [5.41, 5.74) is 1.69. The summed E-state index contributed by atoms with van der Waals surface area (Å²) >= 11 is 3.33. The molecule has 0 aliphatic heterocycles. The number of carbonyl (C=O) groups is 1. The first-order valence-electron chi connectivity index (χ1n) is 5.73. The number of nitrogens with zero attached hydrogens (tertiary/aromatic N) is 1. The highest BCUT2D eigenvalue weighted by molar-refractivity contribution is 9.10. The van der Waals surface area contributed by atoms with Crippen molar-refractivity contribution in [3.63, 3.8) is 0 Å². The maximum Gasteiger partial charge on any atom is 0.164 e. The molecule has 0 aliphatic rings. The van der Waals surface area contributed by atoms with Gasteiger partial charge in [-0.25, -0.2) is 4.39 Å². The van der Waals surface area contributed by atoms with Crippen LogP contribution in [0.15, 0.2) is 41.1 Å². The quantitative estimate of drug-likeness (QED) is 0.782. The van der Waals surface area contributed by atoms with Crippen molar-refractivity contribution >= 4 is 21.7 Å². The van der Waals surface area contributed by atoms with Crippen LogP contribution in [0.5, 0.6) is 0 Å². The van der Waals surface area contributed by atoms with Crippen molar-refractivity contribution in [3.8, 4) is 0 Å². The summed E-state index contributed by atoms with van der Waals surface area (Å²) in [5.74, 6) is -0.132. The maximum absolute atomic E-state index is 13.0. The average Bonchev–Trinajstić information content (AvgIpc) is 2.80. The van der Waals surface area contributed by atoms with Crippen LogP contribution < -0.4 is 0 Å². The fraction of sp³-hybridized carbons (Fsp3) is 0.214. The molecule has 18 heavy (non-hydrogen) atoms. The van der Waals surface area contributed by atoms with E-state index in [1.165, 1.54) is 12.1 Å². The second kappa shape index (κ2) is 5.48. The lowest BCUT2D eigenvalue weighted by Gasteiger charge is -2.05. The zero-order valence-corrected chi connectivity index (χ0v) is 11.6. The van der Waals surface area contributed by atoms with Crippen molar-refractivity contribution in [2.24, 2.45) is 0 Å². The van der Waals surface area contributed by atoms with E-state index in [0.29, 0.717) is 13.0 Å². The first-order valence-corrected chi connectivity index (χ1v) is 6.52. The Morgan fingerprint density at radius 3 is 2.83 bits per heavy atom. The molecule has 0 amide bonds. The molecular weight excluding hydrogens is 297 g/mol. The zero-order valence-electron chi connectivity index (χ0n) is 9.99. The van der Waals surface area contributed by atoms with Gasteiger partial charge in [-0.15, -0.1) is 0 Å². The number of Topliss-reactive ketones (excluding diaryl/α,β-unsaturated/α-hetero) is 1. The zero-order chi connectivity index (χ0) is 13.1. The predicted molar refractivity (Wildman–Crippen MR) is 72.3 cm³/mol. The van der Waals surface area contributed by atoms with E-state index in [1.807, 2.05) is 30.0 Å². The van der Waals surface area contributed by atoms with Crippen LogP contribution in [0.2, 0.25) is 0 Å². The van der Waals surface area contributed by atoms with Gasteiger partial charge in [-0.1, -0.05) is 28.9 Å². The Morgan fingerprint density at radius 1 is 1.39 bits per heavy atom. The van der Waals surface area contributed by atoms with Gasteiger partial charge in [-0.3, -0.25) is 4.79 Å². The van der Waals surface area contributed by atoms with Crippen molar-refractivity contribution < 1.29 is 9.18 Å². The van der Waals surface area contributed by atoms with Crippen molar-refractivity contribution in [1.29, 1.82) is 0 Å². The molecule has 2 aromatic rings. The Labute approximate surface area is 114 Å². The Bertz CT molecular complexity index is 577. The SMILES string of the molecule is CCC(=O)c1ccn(Cc2ccc(F)cc2Br)c1. The van der Waals surface area contributed by atoms with Gasteiger partial charge in [-0.05, 0) is 23.8 Å². The molecule has 4 heteroatoms. The van der Waals surface area contributed by atoms with E-state index in [0.717, 1.165) is 15.6 Å². The van der Waals surface area contributed by atoms with E-state index in [1.54, 1.807) is 6.07 Å². The summed E-state index contributed by atoms with van der Waals surface area (Å²) in [6.07, 6.45) is 4.19. The molecule has 0 atom stereocenters. The summed E-state index contributed by atoms with van der Waals surface area (Å²) in [5, 5.41) is 0. The summed E-state index contributed by atoms with van der Waals surface area (Å²) in [4.78, 5) is 11.5. The second-order valence-corrected chi connectivity index (χ2v) is 4.94. The molecule has 94 valence electrons. The highest BCUT2D eigenvalue weighted by Gasteiger charge is 2.06. The summed E-state index contributed by atoms with van der Waals surface area (Å²) in [6.45, 7) is 2.45. The molecule has 0 fully saturated rings.